The molecule has 8 heteroatoms. The zero-order valence-corrected chi connectivity index (χ0v) is 10.8. The normalized spacial score (nSPS) is 11.5. The van der Waals surface area contributed by atoms with Crippen molar-refractivity contribution in [2.24, 2.45) is 0 Å². The number of para-hydroxylation sites is 1. The first-order valence-electron chi connectivity index (χ1n) is 5.32. The van der Waals surface area contributed by atoms with Crippen LogP contribution in [0.5, 0.6) is 5.75 Å². The monoisotopic (exact) mass is 306 g/mol. The first-order chi connectivity index (χ1) is 9.28. The Morgan fingerprint density at radius 3 is 2.40 bits per heavy atom. The fraction of sp³-hybridized carbons (Fsp3) is 0.167. The Morgan fingerprint density at radius 2 is 1.80 bits per heavy atom. The first-order valence-corrected chi connectivity index (χ1v) is 5.70. The maximum atomic E-state index is 13.3. The van der Waals surface area contributed by atoms with E-state index in [0.29, 0.717) is 0 Å². The molecule has 0 fully saturated rings. The quantitative estimate of drug-likeness (QED) is 0.618. The largest absolute Gasteiger partial charge is 0.573 e. The van der Waals surface area contributed by atoms with Gasteiger partial charge in [-0.1, -0.05) is 23.7 Å². The van der Waals surface area contributed by atoms with Crippen LogP contribution in [0.4, 0.5) is 17.6 Å². The first kappa shape index (κ1) is 14.5. The molecule has 0 aliphatic heterocycles. The highest BCUT2D eigenvalue weighted by Crippen LogP contribution is 2.32. The maximum absolute atomic E-state index is 13.3. The fourth-order valence-corrected chi connectivity index (χ4v) is 1.73. The fourth-order valence-electron chi connectivity index (χ4n) is 1.51. The highest BCUT2D eigenvalue weighted by molar-refractivity contribution is 6.29. The van der Waals surface area contributed by atoms with Crippen LogP contribution in [0.3, 0.4) is 0 Å². The van der Waals surface area contributed by atoms with Crippen LogP contribution in [-0.4, -0.2) is 16.3 Å². The summed E-state index contributed by atoms with van der Waals surface area (Å²) >= 11 is 5.57. The molecule has 0 bridgehead atoms. The minimum Gasteiger partial charge on any atom is -0.405 e. The molecule has 20 heavy (non-hydrogen) atoms. The van der Waals surface area contributed by atoms with Crippen molar-refractivity contribution in [3.8, 4) is 17.1 Å². The lowest BCUT2D eigenvalue weighted by atomic mass is 10.2. The van der Waals surface area contributed by atoms with Crippen molar-refractivity contribution < 1.29 is 22.3 Å². The van der Waals surface area contributed by atoms with Crippen LogP contribution in [0.25, 0.3) is 11.4 Å². The minimum atomic E-state index is -4.85. The number of nitrogens with zero attached hydrogens (tertiary/aromatic N) is 2. The van der Waals surface area contributed by atoms with Gasteiger partial charge in [0.2, 0.25) is 0 Å². The van der Waals surface area contributed by atoms with Crippen molar-refractivity contribution in [2.75, 3.05) is 0 Å². The van der Waals surface area contributed by atoms with E-state index in [1.54, 1.807) is 0 Å². The van der Waals surface area contributed by atoms with E-state index < -0.39 is 23.1 Å². The van der Waals surface area contributed by atoms with Crippen LogP contribution < -0.4 is 4.74 Å². The van der Waals surface area contributed by atoms with Crippen molar-refractivity contribution in [1.29, 1.82) is 0 Å². The van der Waals surface area contributed by atoms with E-state index in [2.05, 4.69) is 14.7 Å². The SMILES string of the molecule is Cc1nc(-c2ccccc2OC(F)(F)F)nc(Cl)c1F. The Morgan fingerprint density at radius 1 is 1.15 bits per heavy atom. The third-order valence-electron chi connectivity index (χ3n) is 2.33. The van der Waals surface area contributed by atoms with E-state index >= 15 is 0 Å². The summed E-state index contributed by atoms with van der Waals surface area (Å²) in [5, 5.41) is -0.464. The summed E-state index contributed by atoms with van der Waals surface area (Å²) in [7, 11) is 0. The number of hydrogen-bond acceptors (Lipinski definition) is 3. The maximum Gasteiger partial charge on any atom is 0.573 e. The average molecular weight is 307 g/mol. The number of halogens is 5. The van der Waals surface area contributed by atoms with Gasteiger partial charge in [-0.25, -0.2) is 14.4 Å². The van der Waals surface area contributed by atoms with Gasteiger partial charge in [0.05, 0.1) is 11.3 Å². The van der Waals surface area contributed by atoms with Crippen molar-refractivity contribution in [1.82, 2.24) is 9.97 Å². The summed E-state index contributed by atoms with van der Waals surface area (Å²) in [6.45, 7) is 1.33. The molecule has 0 aliphatic rings. The zero-order chi connectivity index (χ0) is 14.9. The molecular formula is C12H7ClF4N2O. The van der Waals surface area contributed by atoms with Crippen LogP contribution in [-0.2, 0) is 0 Å². The lowest BCUT2D eigenvalue weighted by Crippen LogP contribution is -2.17. The van der Waals surface area contributed by atoms with Crippen LogP contribution in [0.1, 0.15) is 5.69 Å². The molecule has 2 rings (SSSR count). The Labute approximate surface area is 116 Å². The summed E-state index contributed by atoms with van der Waals surface area (Å²) < 4.78 is 54.1. The number of rotatable bonds is 2. The highest BCUT2D eigenvalue weighted by atomic mass is 35.5. The second kappa shape index (κ2) is 5.24. The number of aromatic nitrogens is 2. The summed E-state index contributed by atoms with van der Waals surface area (Å²) in [5.41, 5.74) is -0.100. The van der Waals surface area contributed by atoms with Gasteiger partial charge in [0.15, 0.2) is 16.8 Å². The van der Waals surface area contributed by atoms with E-state index in [9.17, 15) is 17.6 Å². The number of ether oxygens (including phenoxy) is 1. The number of hydrogen-bond donors (Lipinski definition) is 0. The van der Waals surface area contributed by atoms with E-state index in [4.69, 9.17) is 11.6 Å². The second-order valence-corrected chi connectivity index (χ2v) is 4.14. The van der Waals surface area contributed by atoms with E-state index in [0.717, 1.165) is 6.07 Å². The number of benzene rings is 1. The molecule has 0 aliphatic carbocycles. The minimum absolute atomic E-state index is 0.0326. The molecule has 1 aromatic carbocycles. The smallest absolute Gasteiger partial charge is 0.405 e. The predicted octanol–water partition coefficient (Wildman–Crippen LogP) is 4.14. The van der Waals surface area contributed by atoms with Gasteiger partial charge in [-0.3, -0.25) is 0 Å². The molecule has 3 nitrogen and oxygen atoms in total. The summed E-state index contributed by atoms with van der Waals surface area (Å²) in [4.78, 5) is 7.40. The van der Waals surface area contributed by atoms with Gasteiger partial charge >= 0.3 is 6.36 Å². The lowest BCUT2D eigenvalue weighted by molar-refractivity contribution is -0.274. The molecule has 0 saturated heterocycles. The van der Waals surface area contributed by atoms with Crippen LogP contribution >= 0.6 is 11.6 Å². The number of aryl methyl sites for hydroxylation is 1. The van der Waals surface area contributed by atoms with Crippen molar-refractivity contribution in [2.45, 2.75) is 13.3 Å². The van der Waals surface area contributed by atoms with Crippen molar-refractivity contribution >= 4 is 11.6 Å². The number of alkyl halides is 3. The Kier molecular flexibility index (Phi) is 3.80. The standard InChI is InChI=1S/C12H7ClF4N2O/c1-6-9(14)10(13)19-11(18-6)7-4-2-3-5-8(7)20-12(15,16)17/h2-5H,1H3. The molecule has 0 radical (unpaired) electrons. The third kappa shape index (κ3) is 3.16. The second-order valence-electron chi connectivity index (χ2n) is 3.78. The highest BCUT2D eigenvalue weighted by Gasteiger charge is 2.32. The summed E-state index contributed by atoms with van der Waals surface area (Å²) in [6, 6.07) is 5.28. The molecule has 0 atom stereocenters. The van der Waals surface area contributed by atoms with Gasteiger partial charge in [0, 0.05) is 0 Å². The van der Waals surface area contributed by atoms with Crippen molar-refractivity contribution in [3.63, 3.8) is 0 Å². The Balaban J connectivity index is 2.53. The van der Waals surface area contributed by atoms with Gasteiger partial charge in [0.25, 0.3) is 0 Å². The van der Waals surface area contributed by atoms with Gasteiger partial charge in [-0.15, -0.1) is 13.2 Å². The molecule has 0 amide bonds. The topological polar surface area (TPSA) is 35.0 Å². The summed E-state index contributed by atoms with van der Waals surface area (Å²) in [5.74, 6) is -1.44. The predicted molar refractivity (Wildman–Crippen MR) is 63.9 cm³/mol. The Bertz CT molecular complexity index is 623. The average Bonchev–Trinajstić information content (AvgIpc) is 2.34. The molecule has 1 aromatic heterocycles. The molecule has 0 saturated carbocycles. The van der Waals surface area contributed by atoms with Crippen LogP contribution in [0.2, 0.25) is 5.15 Å². The molecule has 0 unspecified atom stereocenters. The zero-order valence-electron chi connectivity index (χ0n) is 10.0. The van der Waals surface area contributed by atoms with Gasteiger partial charge in [-0.05, 0) is 19.1 Å². The lowest BCUT2D eigenvalue weighted by Gasteiger charge is -2.12. The molecular weight excluding hydrogens is 300 g/mol. The summed E-state index contributed by atoms with van der Waals surface area (Å²) in [6.07, 6.45) is -4.85. The molecule has 0 spiro atoms. The van der Waals surface area contributed by atoms with Crippen LogP contribution in [0.15, 0.2) is 24.3 Å². The molecule has 1 heterocycles. The van der Waals surface area contributed by atoms with E-state index in [-0.39, 0.29) is 17.1 Å². The van der Waals surface area contributed by atoms with Gasteiger partial charge < -0.3 is 4.74 Å². The molecule has 2 aromatic rings. The molecule has 106 valence electrons. The van der Waals surface area contributed by atoms with E-state index in [1.165, 1.54) is 25.1 Å². The van der Waals surface area contributed by atoms with Crippen LogP contribution in [0, 0.1) is 12.7 Å². The Hall–Kier alpha value is -1.89. The third-order valence-corrected chi connectivity index (χ3v) is 2.58. The van der Waals surface area contributed by atoms with E-state index in [1.807, 2.05) is 0 Å². The van der Waals surface area contributed by atoms with Gasteiger partial charge in [-0.2, -0.15) is 0 Å². The molecule has 0 N–H and O–H groups in total. The van der Waals surface area contributed by atoms with Crippen molar-refractivity contribution in [3.05, 3.63) is 40.9 Å². The van der Waals surface area contributed by atoms with Gasteiger partial charge in [0.1, 0.15) is 5.75 Å².